The Morgan fingerprint density at radius 1 is 1.18 bits per heavy atom. The topological polar surface area (TPSA) is 87.9 Å². The van der Waals surface area contributed by atoms with E-state index in [-0.39, 0.29) is 24.3 Å². The highest BCUT2D eigenvalue weighted by Gasteiger charge is 2.25. The number of anilines is 1. The standard InChI is InChI=1S/C20H23FN4O3/c1-14-12-17(21)6-7-18(14)25(20(27)24-8-10-28-11-9-24)13-15-2-4-16(5-3-15)19(26)23-22/h2-7,12H,8-11,13,22H2,1H3,(H,23,26). The molecular weight excluding hydrogens is 363 g/mol. The number of aryl methyl sites for hydroxylation is 1. The van der Waals surface area contributed by atoms with E-state index in [1.807, 2.05) is 0 Å². The summed E-state index contributed by atoms with van der Waals surface area (Å²) in [7, 11) is 0. The molecule has 3 N–H and O–H groups in total. The van der Waals surface area contributed by atoms with E-state index < -0.39 is 0 Å². The Balaban J connectivity index is 1.89. The third-order valence-corrected chi connectivity index (χ3v) is 4.65. The van der Waals surface area contributed by atoms with Crippen molar-refractivity contribution in [3.8, 4) is 0 Å². The molecule has 2 aromatic carbocycles. The number of nitrogens with zero attached hydrogens (tertiary/aromatic N) is 2. The number of benzene rings is 2. The van der Waals surface area contributed by atoms with Crippen molar-refractivity contribution in [3.63, 3.8) is 0 Å². The third kappa shape index (κ3) is 4.47. The minimum Gasteiger partial charge on any atom is -0.378 e. The van der Waals surface area contributed by atoms with Crippen molar-refractivity contribution in [2.24, 2.45) is 5.84 Å². The quantitative estimate of drug-likeness (QED) is 0.479. The van der Waals surface area contributed by atoms with Crippen molar-refractivity contribution in [2.45, 2.75) is 13.5 Å². The summed E-state index contributed by atoms with van der Waals surface area (Å²) in [5.74, 6) is 4.41. The van der Waals surface area contributed by atoms with Gasteiger partial charge in [-0.1, -0.05) is 12.1 Å². The molecule has 28 heavy (non-hydrogen) atoms. The number of rotatable bonds is 4. The molecular formula is C20H23FN4O3. The summed E-state index contributed by atoms with van der Waals surface area (Å²) in [5, 5.41) is 0. The number of halogens is 1. The first-order valence-electron chi connectivity index (χ1n) is 9.00. The number of carbonyl (C=O) groups is 2. The van der Waals surface area contributed by atoms with Crippen LogP contribution >= 0.6 is 0 Å². The molecule has 0 bridgehead atoms. The Labute approximate surface area is 162 Å². The average Bonchev–Trinajstić information content (AvgIpc) is 2.72. The molecule has 0 unspecified atom stereocenters. The molecule has 7 nitrogen and oxygen atoms in total. The summed E-state index contributed by atoms with van der Waals surface area (Å²) in [4.78, 5) is 28.1. The fourth-order valence-corrected chi connectivity index (χ4v) is 3.13. The van der Waals surface area contributed by atoms with Gasteiger partial charge in [0.25, 0.3) is 5.91 Å². The van der Waals surface area contributed by atoms with Crippen LogP contribution in [0.25, 0.3) is 0 Å². The largest absolute Gasteiger partial charge is 0.378 e. The van der Waals surface area contributed by atoms with E-state index in [4.69, 9.17) is 10.6 Å². The second kappa shape index (κ2) is 8.81. The van der Waals surface area contributed by atoms with Gasteiger partial charge in [-0.15, -0.1) is 0 Å². The Kier molecular flexibility index (Phi) is 6.23. The van der Waals surface area contributed by atoms with Gasteiger partial charge in [0, 0.05) is 24.3 Å². The van der Waals surface area contributed by atoms with Gasteiger partial charge in [0.05, 0.1) is 19.8 Å². The Hall–Kier alpha value is -2.97. The molecule has 1 aliphatic heterocycles. The minimum atomic E-state index is -0.387. The monoisotopic (exact) mass is 386 g/mol. The SMILES string of the molecule is Cc1cc(F)ccc1N(Cc1ccc(C(=O)NN)cc1)C(=O)N1CCOCC1. The Morgan fingerprint density at radius 3 is 2.46 bits per heavy atom. The fourth-order valence-electron chi connectivity index (χ4n) is 3.13. The van der Waals surface area contributed by atoms with Gasteiger partial charge in [0.2, 0.25) is 0 Å². The van der Waals surface area contributed by atoms with Crippen LogP contribution in [0.5, 0.6) is 0 Å². The van der Waals surface area contributed by atoms with Gasteiger partial charge in [-0.25, -0.2) is 15.0 Å². The van der Waals surface area contributed by atoms with E-state index in [0.717, 1.165) is 5.56 Å². The van der Waals surface area contributed by atoms with Crippen LogP contribution in [0.1, 0.15) is 21.5 Å². The summed E-state index contributed by atoms with van der Waals surface area (Å²) < 4.78 is 18.9. The van der Waals surface area contributed by atoms with Crippen LogP contribution in [0.4, 0.5) is 14.9 Å². The number of nitrogens with two attached hydrogens (primary N) is 1. The predicted molar refractivity (Wildman–Crippen MR) is 103 cm³/mol. The van der Waals surface area contributed by atoms with Gasteiger partial charge in [0.15, 0.2) is 0 Å². The molecule has 1 fully saturated rings. The molecule has 3 rings (SSSR count). The van der Waals surface area contributed by atoms with Crippen molar-refractivity contribution in [1.29, 1.82) is 0 Å². The van der Waals surface area contributed by atoms with Crippen LogP contribution in [-0.4, -0.2) is 43.1 Å². The highest BCUT2D eigenvalue weighted by atomic mass is 19.1. The van der Waals surface area contributed by atoms with Crippen LogP contribution in [0, 0.1) is 12.7 Å². The van der Waals surface area contributed by atoms with Gasteiger partial charge < -0.3 is 9.64 Å². The van der Waals surface area contributed by atoms with E-state index in [1.165, 1.54) is 12.1 Å². The molecule has 0 spiro atoms. The van der Waals surface area contributed by atoms with Gasteiger partial charge in [-0.2, -0.15) is 0 Å². The van der Waals surface area contributed by atoms with E-state index in [9.17, 15) is 14.0 Å². The van der Waals surface area contributed by atoms with Crippen LogP contribution in [-0.2, 0) is 11.3 Å². The number of amides is 3. The maximum Gasteiger partial charge on any atom is 0.324 e. The van der Waals surface area contributed by atoms with Crippen molar-refractivity contribution in [3.05, 3.63) is 65.0 Å². The van der Waals surface area contributed by atoms with Crippen LogP contribution in [0.3, 0.4) is 0 Å². The highest BCUT2D eigenvalue weighted by Crippen LogP contribution is 2.25. The molecule has 0 saturated carbocycles. The number of nitrogens with one attached hydrogen (secondary N) is 1. The van der Waals surface area contributed by atoms with Gasteiger partial charge in [-0.05, 0) is 48.4 Å². The summed E-state index contributed by atoms with van der Waals surface area (Å²) in [6.45, 7) is 4.05. The maximum atomic E-state index is 13.6. The van der Waals surface area contributed by atoms with Crippen molar-refractivity contribution >= 4 is 17.6 Å². The predicted octanol–water partition coefficient (Wildman–Crippen LogP) is 2.20. The summed E-state index contributed by atoms with van der Waals surface area (Å²) in [5.41, 5.74) is 4.65. The molecule has 0 radical (unpaired) electrons. The molecule has 1 heterocycles. The second-order valence-corrected chi connectivity index (χ2v) is 6.57. The second-order valence-electron chi connectivity index (χ2n) is 6.57. The van der Waals surface area contributed by atoms with E-state index in [0.29, 0.717) is 43.1 Å². The number of ether oxygens (including phenoxy) is 1. The maximum absolute atomic E-state index is 13.6. The normalized spacial score (nSPS) is 13.9. The van der Waals surface area contributed by atoms with Crippen LogP contribution in [0.2, 0.25) is 0 Å². The smallest absolute Gasteiger partial charge is 0.324 e. The number of nitrogen functional groups attached to an aromatic ring is 1. The molecule has 148 valence electrons. The first kappa shape index (κ1) is 19.8. The molecule has 1 aliphatic rings. The lowest BCUT2D eigenvalue weighted by Gasteiger charge is -2.33. The van der Waals surface area contributed by atoms with Crippen molar-refractivity contribution in [2.75, 3.05) is 31.2 Å². The molecule has 2 aromatic rings. The number of morpholine rings is 1. The Morgan fingerprint density at radius 2 is 1.86 bits per heavy atom. The average molecular weight is 386 g/mol. The fraction of sp³-hybridized carbons (Fsp3) is 0.300. The van der Waals surface area contributed by atoms with Gasteiger partial charge in [0.1, 0.15) is 5.82 Å². The lowest BCUT2D eigenvalue weighted by atomic mass is 10.1. The van der Waals surface area contributed by atoms with Crippen molar-refractivity contribution in [1.82, 2.24) is 10.3 Å². The lowest BCUT2D eigenvalue weighted by Crippen LogP contribution is -2.48. The number of hydrogen-bond donors (Lipinski definition) is 2. The number of hydrogen-bond acceptors (Lipinski definition) is 4. The summed E-state index contributed by atoms with van der Waals surface area (Å²) in [6.07, 6.45) is 0. The molecule has 0 aromatic heterocycles. The molecule has 3 amide bonds. The summed E-state index contributed by atoms with van der Waals surface area (Å²) in [6, 6.07) is 11.0. The van der Waals surface area contributed by atoms with Gasteiger partial charge in [-0.3, -0.25) is 15.1 Å². The van der Waals surface area contributed by atoms with E-state index in [1.54, 1.807) is 47.1 Å². The van der Waals surface area contributed by atoms with Crippen LogP contribution < -0.4 is 16.2 Å². The molecule has 8 heteroatoms. The third-order valence-electron chi connectivity index (χ3n) is 4.65. The zero-order chi connectivity index (χ0) is 20.1. The first-order valence-corrected chi connectivity index (χ1v) is 9.00. The zero-order valence-electron chi connectivity index (χ0n) is 15.7. The highest BCUT2D eigenvalue weighted by molar-refractivity contribution is 5.94. The molecule has 0 atom stereocenters. The van der Waals surface area contributed by atoms with E-state index >= 15 is 0 Å². The first-order chi connectivity index (χ1) is 13.5. The lowest BCUT2D eigenvalue weighted by molar-refractivity contribution is 0.0548. The molecule has 1 saturated heterocycles. The number of urea groups is 1. The molecule has 0 aliphatic carbocycles. The number of hydrazine groups is 1. The van der Waals surface area contributed by atoms with Crippen LogP contribution in [0.15, 0.2) is 42.5 Å². The van der Waals surface area contributed by atoms with E-state index in [2.05, 4.69) is 5.43 Å². The number of carbonyl (C=O) groups excluding carboxylic acids is 2. The Bertz CT molecular complexity index is 851. The van der Waals surface area contributed by atoms with Crippen molar-refractivity contribution < 1.29 is 18.7 Å². The zero-order valence-corrected chi connectivity index (χ0v) is 15.7. The van der Waals surface area contributed by atoms with Gasteiger partial charge >= 0.3 is 6.03 Å². The summed E-state index contributed by atoms with van der Waals surface area (Å²) >= 11 is 0. The minimum absolute atomic E-state index is 0.165.